The molecule has 3 aromatic rings. The van der Waals surface area contributed by atoms with Gasteiger partial charge in [-0.05, 0) is 42.0 Å². The van der Waals surface area contributed by atoms with E-state index in [0.29, 0.717) is 37.4 Å². The van der Waals surface area contributed by atoms with Gasteiger partial charge in [0.25, 0.3) is 0 Å². The normalized spacial score (nSPS) is 14.3. The molecule has 5 heterocycles. The van der Waals surface area contributed by atoms with Gasteiger partial charge in [-0.15, -0.1) is 0 Å². The zero-order chi connectivity index (χ0) is 22.2. The fourth-order valence-corrected chi connectivity index (χ4v) is 3.46. The minimum absolute atomic E-state index is 0.341. The van der Waals surface area contributed by atoms with Gasteiger partial charge >= 0.3 is 6.01 Å². The van der Waals surface area contributed by atoms with Crippen molar-refractivity contribution in [3.63, 3.8) is 0 Å². The zero-order valence-corrected chi connectivity index (χ0v) is 18.5. The van der Waals surface area contributed by atoms with Crippen molar-refractivity contribution < 1.29 is 4.74 Å². The lowest BCUT2D eigenvalue weighted by Gasteiger charge is -2.11. The molecule has 32 heavy (non-hydrogen) atoms. The van der Waals surface area contributed by atoms with E-state index in [9.17, 15) is 0 Å². The van der Waals surface area contributed by atoms with Crippen LogP contribution in [-0.2, 0) is 13.0 Å². The van der Waals surface area contributed by atoms with Crippen LogP contribution in [0.25, 0.3) is 11.8 Å². The number of aromatic nitrogens is 3. The van der Waals surface area contributed by atoms with E-state index in [1.165, 1.54) is 5.56 Å². The summed E-state index contributed by atoms with van der Waals surface area (Å²) in [6, 6.07) is 17.2. The van der Waals surface area contributed by atoms with Crippen molar-refractivity contribution in [3.05, 3.63) is 89.3 Å². The molecule has 0 saturated carbocycles. The number of allylic oxidation sites excluding steroid dienone is 1. The maximum atomic E-state index is 5.57. The molecule has 0 fully saturated rings. The molecule has 164 valence electrons. The zero-order valence-electron chi connectivity index (χ0n) is 18.5. The first-order valence-electron chi connectivity index (χ1n) is 11.1. The van der Waals surface area contributed by atoms with Crippen molar-refractivity contribution >= 4 is 17.7 Å². The number of nitrogens with zero attached hydrogens (tertiary/aromatic N) is 3. The van der Waals surface area contributed by atoms with Crippen LogP contribution in [-0.4, -0.2) is 28.1 Å². The lowest BCUT2D eigenvalue weighted by Crippen LogP contribution is -2.12. The summed E-state index contributed by atoms with van der Waals surface area (Å²) in [6.45, 7) is 8.12. The van der Waals surface area contributed by atoms with Crippen molar-refractivity contribution in [3.8, 4) is 6.01 Å². The predicted octanol–water partition coefficient (Wildman–Crippen LogP) is 4.84. The number of anilines is 1. The van der Waals surface area contributed by atoms with Gasteiger partial charge in [-0.2, -0.15) is 15.0 Å². The highest BCUT2D eigenvalue weighted by Gasteiger charge is 2.09. The third-order valence-electron chi connectivity index (χ3n) is 5.23. The molecular formula is C26H29N5O. The first-order valence-corrected chi connectivity index (χ1v) is 11.1. The molecule has 0 spiro atoms. The molecule has 6 bridgehead atoms. The highest BCUT2D eigenvalue weighted by atomic mass is 16.5. The molecule has 0 saturated heterocycles. The van der Waals surface area contributed by atoms with Crippen LogP contribution in [0, 0.1) is 0 Å². The molecule has 6 heteroatoms. The largest absolute Gasteiger partial charge is 0.464 e. The lowest BCUT2D eigenvalue weighted by molar-refractivity contribution is 0.310. The van der Waals surface area contributed by atoms with Crippen molar-refractivity contribution in [1.82, 2.24) is 20.3 Å². The molecular weight excluding hydrogens is 398 g/mol. The van der Waals surface area contributed by atoms with Gasteiger partial charge in [-0.3, -0.25) is 0 Å². The average Bonchev–Trinajstić information content (AvgIpc) is 2.81. The van der Waals surface area contributed by atoms with Crippen molar-refractivity contribution in [2.24, 2.45) is 0 Å². The smallest absolute Gasteiger partial charge is 0.321 e. The Labute approximate surface area is 189 Å². The molecule has 2 aromatic carbocycles. The minimum atomic E-state index is 0.341. The van der Waals surface area contributed by atoms with Gasteiger partial charge in [-0.25, -0.2) is 0 Å². The van der Waals surface area contributed by atoms with E-state index < -0.39 is 0 Å². The molecule has 4 aliphatic rings. The Balaban J connectivity index is 1.61. The highest BCUT2D eigenvalue weighted by molar-refractivity contribution is 5.61. The fourth-order valence-electron chi connectivity index (χ4n) is 3.46. The molecule has 7 rings (SSSR count). The van der Waals surface area contributed by atoms with Crippen LogP contribution in [0.15, 0.2) is 61.2 Å². The van der Waals surface area contributed by atoms with Crippen LogP contribution < -0.4 is 15.4 Å². The second-order valence-corrected chi connectivity index (χ2v) is 7.71. The predicted molar refractivity (Wildman–Crippen MR) is 129 cm³/mol. The Morgan fingerprint density at radius 2 is 1.72 bits per heavy atom. The standard InChI is InChI=1S/C26H29N5O/c1-3-32-26-30-24-17-21-12-14-23(15-13-21)19(2)27-16-6-4-5-7-20-8-10-22(11-9-20)18-28-25(29-24)31-26/h5,7-15,27H,2-4,6,16-18H2,1H3,(H,28,29,30,31). The Kier molecular flexibility index (Phi) is 7.12. The van der Waals surface area contributed by atoms with Crippen LogP contribution in [0.4, 0.5) is 5.95 Å². The minimum Gasteiger partial charge on any atom is -0.464 e. The molecule has 1 aromatic heterocycles. The Bertz CT molecular complexity index is 1070. The van der Waals surface area contributed by atoms with E-state index in [0.717, 1.165) is 41.8 Å². The first-order chi connectivity index (χ1) is 15.7. The van der Waals surface area contributed by atoms with Gasteiger partial charge in [0, 0.05) is 25.2 Å². The topological polar surface area (TPSA) is 72.0 Å². The summed E-state index contributed by atoms with van der Waals surface area (Å²) in [5.74, 6) is 1.18. The Hall–Kier alpha value is -3.67. The number of hydrogen-bond donors (Lipinski definition) is 2. The monoisotopic (exact) mass is 427 g/mol. The van der Waals surface area contributed by atoms with Crippen molar-refractivity contribution in [1.29, 1.82) is 0 Å². The number of nitrogens with one attached hydrogen (secondary N) is 2. The van der Waals surface area contributed by atoms with Crippen LogP contribution in [0.1, 0.15) is 47.8 Å². The summed E-state index contributed by atoms with van der Waals surface area (Å²) < 4.78 is 5.57. The molecule has 4 aliphatic heterocycles. The lowest BCUT2D eigenvalue weighted by atomic mass is 10.1. The van der Waals surface area contributed by atoms with E-state index in [-0.39, 0.29) is 0 Å². The maximum Gasteiger partial charge on any atom is 0.321 e. The van der Waals surface area contributed by atoms with E-state index in [4.69, 9.17) is 4.74 Å². The summed E-state index contributed by atoms with van der Waals surface area (Å²) in [7, 11) is 0. The van der Waals surface area contributed by atoms with Gasteiger partial charge in [0.1, 0.15) is 5.82 Å². The van der Waals surface area contributed by atoms with Gasteiger partial charge in [0.05, 0.1) is 6.61 Å². The second-order valence-electron chi connectivity index (χ2n) is 7.71. The Morgan fingerprint density at radius 1 is 0.938 bits per heavy atom. The quantitative estimate of drug-likeness (QED) is 0.610. The van der Waals surface area contributed by atoms with Gasteiger partial charge in [0.2, 0.25) is 5.95 Å². The van der Waals surface area contributed by atoms with Gasteiger partial charge in [-0.1, -0.05) is 67.3 Å². The van der Waals surface area contributed by atoms with Crippen LogP contribution in [0.2, 0.25) is 0 Å². The maximum absolute atomic E-state index is 5.57. The number of benzene rings is 2. The third-order valence-corrected chi connectivity index (χ3v) is 5.23. The van der Waals surface area contributed by atoms with E-state index in [2.05, 4.69) is 92.8 Å². The molecule has 6 nitrogen and oxygen atoms in total. The number of ether oxygens (including phenoxy) is 1. The SMILES string of the molecule is C=C1NCCCC=Cc2ccc(cc2)CNc2nc(nc(OCC)n2)Cc2ccc1cc2. The van der Waals surface area contributed by atoms with Gasteiger partial charge in [0.15, 0.2) is 0 Å². The molecule has 0 atom stereocenters. The van der Waals surface area contributed by atoms with Crippen LogP contribution in [0.3, 0.4) is 0 Å². The summed E-state index contributed by atoms with van der Waals surface area (Å²) in [6.07, 6.45) is 7.05. The highest BCUT2D eigenvalue weighted by Crippen LogP contribution is 2.16. The molecule has 0 amide bonds. The van der Waals surface area contributed by atoms with Crippen molar-refractivity contribution in [2.45, 2.75) is 32.7 Å². The first kappa shape index (κ1) is 21.6. The second kappa shape index (κ2) is 10.6. The van der Waals surface area contributed by atoms with Gasteiger partial charge < -0.3 is 15.4 Å². The summed E-state index contributed by atoms with van der Waals surface area (Å²) >= 11 is 0. The molecule has 0 radical (unpaired) electrons. The summed E-state index contributed by atoms with van der Waals surface area (Å²) in [5, 5.41) is 6.74. The van der Waals surface area contributed by atoms with E-state index >= 15 is 0 Å². The summed E-state index contributed by atoms with van der Waals surface area (Å²) in [4.78, 5) is 13.5. The fraction of sp³-hybridized carbons (Fsp3) is 0.269. The summed E-state index contributed by atoms with van der Waals surface area (Å²) in [5.41, 5.74) is 5.49. The number of rotatable bonds is 2. The van der Waals surface area contributed by atoms with Crippen LogP contribution in [0.5, 0.6) is 6.01 Å². The number of hydrogen-bond acceptors (Lipinski definition) is 6. The molecule has 0 aliphatic carbocycles. The van der Waals surface area contributed by atoms with E-state index in [1.807, 2.05) is 6.92 Å². The van der Waals surface area contributed by atoms with Crippen molar-refractivity contribution in [2.75, 3.05) is 18.5 Å². The Morgan fingerprint density at radius 3 is 2.50 bits per heavy atom. The third kappa shape index (κ3) is 5.94. The van der Waals surface area contributed by atoms with E-state index in [1.54, 1.807) is 0 Å². The average molecular weight is 428 g/mol. The molecule has 0 unspecified atom stereocenters. The van der Waals surface area contributed by atoms with Crippen LogP contribution >= 0.6 is 0 Å². The molecule has 2 N–H and O–H groups in total.